The third kappa shape index (κ3) is 4.27. The lowest BCUT2D eigenvalue weighted by atomic mass is 10.2. The molecule has 0 aliphatic heterocycles. The summed E-state index contributed by atoms with van der Waals surface area (Å²) in [6.45, 7) is 0. The molecule has 3 nitrogen and oxygen atoms in total. The average molecular weight is 476 g/mol. The molecule has 5 heteroatoms. The number of nitrogens with zero attached hydrogens (tertiary/aromatic N) is 1. The van der Waals surface area contributed by atoms with E-state index in [0.717, 1.165) is 12.7 Å². The SMILES string of the molecule is O=C(N/N=C\c1ccccc1I)c1ccc(I)cc1. The number of benzene rings is 2. The van der Waals surface area contributed by atoms with E-state index in [0.29, 0.717) is 5.56 Å². The molecule has 0 aliphatic rings. The lowest BCUT2D eigenvalue weighted by Crippen LogP contribution is -2.17. The Kier molecular flexibility index (Phi) is 5.32. The van der Waals surface area contributed by atoms with Crippen LogP contribution in [-0.4, -0.2) is 12.1 Å². The molecule has 0 fully saturated rings. The van der Waals surface area contributed by atoms with Crippen LogP contribution in [0.5, 0.6) is 0 Å². The molecule has 0 unspecified atom stereocenters. The van der Waals surface area contributed by atoms with Gasteiger partial charge in [-0.3, -0.25) is 4.79 Å². The molecule has 1 N–H and O–H groups in total. The first-order valence-electron chi connectivity index (χ1n) is 5.50. The molecule has 0 aliphatic carbocycles. The van der Waals surface area contributed by atoms with Gasteiger partial charge < -0.3 is 0 Å². The summed E-state index contributed by atoms with van der Waals surface area (Å²) >= 11 is 4.43. The van der Waals surface area contributed by atoms with Gasteiger partial charge in [0.1, 0.15) is 0 Å². The van der Waals surface area contributed by atoms with Crippen LogP contribution in [0.4, 0.5) is 0 Å². The van der Waals surface area contributed by atoms with Gasteiger partial charge in [0.25, 0.3) is 5.91 Å². The third-order valence-corrected chi connectivity index (χ3v) is 4.08. The van der Waals surface area contributed by atoms with Gasteiger partial charge in [-0.2, -0.15) is 5.10 Å². The van der Waals surface area contributed by atoms with Gasteiger partial charge >= 0.3 is 0 Å². The van der Waals surface area contributed by atoms with Crippen LogP contribution in [0.3, 0.4) is 0 Å². The van der Waals surface area contributed by atoms with Crippen molar-refractivity contribution in [2.45, 2.75) is 0 Å². The Hall–Kier alpha value is -0.960. The van der Waals surface area contributed by atoms with E-state index in [9.17, 15) is 4.79 Å². The second-order valence-electron chi connectivity index (χ2n) is 3.73. The van der Waals surface area contributed by atoms with Crippen LogP contribution in [0.2, 0.25) is 0 Å². The number of hydrogen-bond donors (Lipinski definition) is 1. The highest BCUT2D eigenvalue weighted by Crippen LogP contribution is 2.09. The number of rotatable bonds is 3. The lowest BCUT2D eigenvalue weighted by Gasteiger charge is -2.00. The Morgan fingerprint density at radius 3 is 2.42 bits per heavy atom. The Bertz CT molecular complexity index is 609. The van der Waals surface area contributed by atoms with Crippen molar-refractivity contribution in [1.29, 1.82) is 0 Å². The number of hydrogen-bond acceptors (Lipinski definition) is 2. The fourth-order valence-corrected chi connectivity index (χ4v) is 2.29. The summed E-state index contributed by atoms with van der Waals surface area (Å²) in [6.07, 6.45) is 1.65. The molecule has 2 aromatic carbocycles. The standard InChI is InChI=1S/C14H10I2N2O/c15-12-7-5-10(6-8-12)14(19)18-17-9-11-3-1-2-4-13(11)16/h1-9H,(H,18,19)/b17-9-. The van der Waals surface area contributed by atoms with Gasteiger partial charge in [0.15, 0.2) is 0 Å². The van der Waals surface area contributed by atoms with Crippen molar-refractivity contribution in [1.82, 2.24) is 5.43 Å². The van der Waals surface area contributed by atoms with Crippen LogP contribution in [0.1, 0.15) is 15.9 Å². The highest BCUT2D eigenvalue weighted by molar-refractivity contribution is 14.1. The van der Waals surface area contributed by atoms with Gasteiger partial charge in [0, 0.05) is 18.3 Å². The maximum Gasteiger partial charge on any atom is 0.271 e. The summed E-state index contributed by atoms with van der Waals surface area (Å²) in [5, 5.41) is 3.97. The van der Waals surface area contributed by atoms with E-state index < -0.39 is 0 Å². The summed E-state index contributed by atoms with van der Waals surface area (Å²) in [5.41, 5.74) is 4.09. The summed E-state index contributed by atoms with van der Waals surface area (Å²) < 4.78 is 2.18. The molecule has 0 bridgehead atoms. The largest absolute Gasteiger partial charge is 0.271 e. The second kappa shape index (κ2) is 6.99. The fourth-order valence-electron chi connectivity index (χ4n) is 1.41. The van der Waals surface area contributed by atoms with Crippen molar-refractivity contribution in [3.05, 3.63) is 66.8 Å². The summed E-state index contributed by atoms with van der Waals surface area (Å²) in [6, 6.07) is 15.2. The first-order chi connectivity index (χ1) is 9.16. The number of halogens is 2. The van der Waals surface area contributed by atoms with Gasteiger partial charge in [-0.25, -0.2) is 5.43 Å². The molecule has 0 radical (unpaired) electrons. The Morgan fingerprint density at radius 1 is 1.05 bits per heavy atom. The predicted molar refractivity (Wildman–Crippen MR) is 93.4 cm³/mol. The van der Waals surface area contributed by atoms with E-state index in [1.54, 1.807) is 18.3 Å². The van der Waals surface area contributed by atoms with Crippen LogP contribution in [0.15, 0.2) is 53.6 Å². The summed E-state index contributed by atoms with van der Waals surface area (Å²) in [4.78, 5) is 11.8. The maximum atomic E-state index is 11.8. The van der Waals surface area contributed by atoms with Crippen molar-refractivity contribution in [3.63, 3.8) is 0 Å². The number of hydrazone groups is 1. The summed E-state index contributed by atoms with van der Waals surface area (Å²) in [5.74, 6) is -0.210. The van der Waals surface area contributed by atoms with Crippen molar-refractivity contribution >= 4 is 57.3 Å². The Morgan fingerprint density at radius 2 is 1.74 bits per heavy atom. The van der Waals surface area contributed by atoms with E-state index in [2.05, 4.69) is 55.7 Å². The summed E-state index contributed by atoms with van der Waals surface area (Å²) in [7, 11) is 0. The molecule has 0 saturated heterocycles. The van der Waals surface area contributed by atoms with Crippen LogP contribution in [0.25, 0.3) is 0 Å². The minimum atomic E-state index is -0.210. The van der Waals surface area contributed by atoms with E-state index in [1.807, 2.05) is 36.4 Å². The molecular formula is C14H10I2N2O. The molecule has 96 valence electrons. The molecule has 2 aromatic rings. The van der Waals surface area contributed by atoms with Crippen LogP contribution in [0, 0.1) is 7.14 Å². The first kappa shape index (κ1) is 14.4. The normalized spacial score (nSPS) is 10.6. The molecule has 0 atom stereocenters. The fraction of sp³-hybridized carbons (Fsp3) is 0. The zero-order valence-electron chi connectivity index (χ0n) is 9.81. The smallest absolute Gasteiger partial charge is 0.267 e. The topological polar surface area (TPSA) is 41.5 Å². The Balaban J connectivity index is 2.01. The monoisotopic (exact) mass is 476 g/mol. The zero-order valence-corrected chi connectivity index (χ0v) is 14.1. The van der Waals surface area contributed by atoms with Gasteiger partial charge in [-0.1, -0.05) is 18.2 Å². The maximum absolute atomic E-state index is 11.8. The van der Waals surface area contributed by atoms with E-state index in [4.69, 9.17) is 0 Å². The lowest BCUT2D eigenvalue weighted by molar-refractivity contribution is 0.0955. The van der Waals surface area contributed by atoms with Gasteiger partial charge in [-0.15, -0.1) is 0 Å². The Labute approximate surface area is 138 Å². The van der Waals surface area contributed by atoms with Crippen molar-refractivity contribution in [2.75, 3.05) is 0 Å². The molecule has 19 heavy (non-hydrogen) atoms. The van der Waals surface area contributed by atoms with Gasteiger partial charge in [-0.05, 0) is 75.5 Å². The quantitative estimate of drug-likeness (QED) is 0.411. The molecule has 0 aromatic heterocycles. The molecular weight excluding hydrogens is 466 g/mol. The highest BCUT2D eigenvalue weighted by Gasteiger charge is 2.03. The van der Waals surface area contributed by atoms with Crippen molar-refractivity contribution in [3.8, 4) is 0 Å². The highest BCUT2D eigenvalue weighted by atomic mass is 127. The van der Waals surface area contributed by atoms with E-state index >= 15 is 0 Å². The third-order valence-electron chi connectivity index (χ3n) is 2.38. The van der Waals surface area contributed by atoms with Gasteiger partial charge in [0.05, 0.1) is 6.21 Å². The molecule has 1 amide bonds. The first-order valence-corrected chi connectivity index (χ1v) is 7.66. The number of carbonyl (C=O) groups excluding carboxylic acids is 1. The molecule has 0 spiro atoms. The molecule has 0 heterocycles. The number of nitrogens with one attached hydrogen (secondary N) is 1. The number of carbonyl (C=O) groups is 1. The minimum absolute atomic E-state index is 0.210. The van der Waals surface area contributed by atoms with E-state index in [-0.39, 0.29) is 5.91 Å². The van der Waals surface area contributed by atoms with Crippen LogP contribution < -0.4 is 5.43 Å². The van der Waals surface area contributed by atoms with Crippen molar-refractivity contribution < 1.29 is 4.79 Å². The average Bonchev–Trinajstić information content (AvgIpc) is 2.41. The molecule has 2 rings (SSSR count). The predicted octanol–water partition coefficient (Wildman–Crippen LogP) is 3.66. The second-order valence-corrected chi connectivity index (χ2v) is 6.14. The van der Waals surface area contributed by atoms with Gasteiger partial charge in [0.2, 0.25) is 0 Å². The molecule has 0 saturated carbocycles. The zero-order chi connectivity index (χ0) is 13.7. The minimum Gasteiger partial charge on any atom is -0.267 e. The van der Waals surface area contributed by atoms with Crippen molar-refractivity contribution in [2.24, 2.45) is 5.10 Å². The number of amides is 1. The van der Waals surface area contributed by atoms with Crippen LogP contribution in [-0.2, 0) is 0 Å². The van der Waals surface area contributed by atoms with E-state index in [1.165, 1.54) is 0 Å². The van der Waals surface area contributed by atoms with Crippen LogP contribution >= 0.6 is 45.2 Å².